The van der Waals surface area contributed by atoms with Gasteiger partial charge in [0.15, 0.2) is 0 Å². The van der Waals surface area contributed by atoms with Gasteiger partial charge in [-0.2, -0.15) is 5.10 Å². The van der Waals surface area contributed by atoms with Gasteiger partial charge in [0.2, 0.25) is 5.91 Å². The molecule has 2 N–H and O–H groups in total. The first-order chi connectivity index (χ1) is 8.01. The van der Waals surface area contributed by atoms with Gasteiger partial charge in [-0.25, -0.2) is 0 Å². The molecule has 1 amide bonds. The molecule has 0 radical (unpaired) electrons. The highest BCUT2D eigenvalue weighted by atomic mass is 16.2. The molecule has 1 fully saturated rings. The van der Waals surface area contributed by atoms with Crippen molar-refractivity contribution in [1.82, 2.24) is 14.7 Å². The van der Waals surface area contributed by atoms with Crippen LogP contribution in [0.1, 0.15) is 31.2 Å². The van der Waals surface area contributed by atoms with Gasteiger partial charge in [-0.3, -0.25) is 9.48 Å². The Morgan fingerprint density at radius 3 is 2.76 bits per heavy atom. The molecule has 94 valence electrons. The number of carbonyl (C=O) groups excluding carboxylic acids is 1. The second kappa shape index (κ2) is 4.49. The van der Waals surface area contributed by atoms with Crippen molar-refractivity contribution in [3.63, 3.8) is 0 Å². The maximum Gasteiger partial charge on any atom is 0.242 e. The lowest BCUT2D eigenvalue weighted by molar-refractivity contribution is -0.136. The summed E-state index contributed by atoms with van der Waals surface area (Å²) in [5, 5.41) is 4.09. The summed E-state index contributed by atoms with van der Waals surface area (Å²) < 4.78 is 1.74. The van der Waals surface area contributed by atoms with Crippen LogP contribution in [0, 0.1) is 0 Å². The molecule has 0 aliphatic heterocycles. The van der Waals surface area contributed by atoms with Gasteiger partial charge in [0, 0.05) is 32.4 Å². The highest BCUT2D eigenvalue weighted by Gasteiger charge is 2.38. The zero-order valence-corrected chi connectivity index (χ0v) is 10.5. The predicted molar refractivity (Wildman–Crippen MR) is 65.1 cm³/mol. The van der Waals surface area contributed by atoms with Crippen LogP contribution in [0.4, 0.5) is 0 Å². The summed E-state index contributed by atoms with van der Waals surface area (Å²) in [5.41, 5.74) is 6.55. The maximum atomic E-state index is 12.3. The van der Waals surface area contributed by atoms with Crippen LogP contribution in [0.3, 0.4) is 0 Å². The summed E-state index contributed by atoms with van der Waals surface area (Å²) >= 11 is 0. The average molecular weight is 236 g/mol. The molecule has 0 spiro atoms. The number of likely N-dealkylation sites (N-methyl/N-ethyl adjacent to an activating group) is 1. The van der Waals surface area contributed by atoms with Gasteiger partial charge in [-0.15, -0.1) is 0 Å². The molecule has 0 unspecified atom stereocenters. The number of rotatable bonds is 3. The molecule has 1 aliphatic carbocycles. The summed E-state index contributed by atoms with van der Waals surface area (Å²) in [6.07, 6.45) is 7.43. The molecular formula is C12H20N4O. The van der Waals surface area contributed by atoms with E-state index in [-0.39, 0.29) is 5.91 Å². The van der Waals surface area contributed by atoms with Crippen molar-refractivity contribution in [3.05, 3.63) is 18.0 Å². The standard InChI is InChI=1S/C12H20N4O/c1-15(8-10-7-14-16(2)9-10)11(17)12(13)5-3-4-6-12/h7,9H,3-6,8,13H2,1-2H3. The van der Waals surface area contributed by atoms with E-state index in [1.807, 2.05) is 20.3 Å². The van der Waals surface area contributed by atoms with Crippen LogP contribution >= 0.6 is 0 Å². The van der Waals surface area contributed by atoms with Crippen LogP contribution < -0.4 is 5.73 Å². The molecule has 0 saturated heterocycles. The van der Waals surface area contributed by atoms with Gasteiger partial charge in [0.05, 0.1) is 11.7 Å². The highest BCUT2D eigenvalue weighted by molar-refractivity contribution is 5.86. The quantitative estimate of drug-likeness (QED) is 0.838. The molecule has 17 heavy (non-hydrogen) atoms. The lowest BCUT2D eigenvalue weighted by Crippen LogP contribution is -2.52. The molecule has 5 heteroatoms. The number of aryl methyl sites for hydroxylation is 1. The Morgan fingerprint density at radius 2 is 2.24 bits per heavy atom. The Hall–Kier alpha value is -1.36. The Morgan fingerprint density at radius 1 is 1.59 bits per heavy atom. The maximum absolute atomic E-state index is 12.3. The van der Waals surface area contributed by atoms with E-state index >= 15 is 0 Å². The van der Waals surface area contributed by atoms with Crippen LogP contribution in [0.5, 0.6) is 0 Å². The van der Waals surface area contributed by atoms with E-state index in [9.17, 15) is 4.79 Å². The van der Waals surface area contributed by atoms with Crippen molar-refractivity contribution in [2.45, 2.75) is 37.8 Å². The van der Waals surface area contributed by atoms with Crippen LogP contribution in [0.2, 0.25) is 0 Å². The van der Waals surface area contributed by atoms with E-state index in [1.54, 1.807) is 15.8 Å². The number of nitrogens with two attached hydrogens (primary N) is 1. The minimum absolute atomic E-state index is 0.0545. The minimum atomic E-state index is -0.628. The van der Waals surface area contributed by atoms with Gasteiger partial charge >= 0.3 is 0 Å². The Bertz CT molecular complexity index is 406. The summed E-state index contributed by atoms with van der Waals surface area (Å²) in [7, 11) is 3.68. The molecule has 0 bridgehead atoms. The van der Waals surface area contributed by atoms with Crippen molar-refractivity contribution < 1.29 is 4.79 Å². The smallest absolute Gasteiger partial charge is 0.242 e. The molecule has 1 heterocycles. The number of aromatic nitrogens is 2. The van der Waals surface area contributed by atoms with Crippen LogP contribution in [0.15, 0.2) is 12.4 Å². The fraction of sp³-hybridized carbons (Fsp3) is 0.667. The van der Waals surface area contributed by atoms with Gasteiger partial charge in [-0.1, -0.05) is 12.8 Å². The third-order valence-electron chi connectivity index (χ3n) is 3.45. The first-order valence-corrected chi connectivity index (χ1v) is 6.03. The summed E-state index contributed by atoms with van der Waals surface area (Å²) in [4.78, 5) is 14.0. The van der Waals surface area contributed by atoms with E-state index in [0.717, 1.165) is 31.2 Å². The third-order valence-corrected chi connectivity index (χ3v) is 3.45. The summed E-state index contributed by atoms with van der Waals surface area (Å²) in [6.45, 7) is 0.575. The molecule has 1 aromatic rings. The summed E-state index contributed by atoms with van der Waals surface area (Å²) in [6, 6.07) is 0. The largest absolute Gasteiger partial charge is 0.340 e. The van der Waals surface area contributed by atoms with Crippen LogP contribution in [-0.4, -0.2) is 33.2 Å². The van der Waals surface area contributed by atoms with Crippen LogP contribution in [0.25, 0.3) is 0 Å². The molecule has 2 rings (SSSR count). The zero-order valence-electron chi connectivity index (χ0n) is 10.5. The van der Waals surface area contributed by atoms with Gasteiger partial charge in [0.25, 0.3) is 0 Å². The number of hydrogen-bond donors (Lipinski definition) is 1. The molecule has 1 aliphatic rings. The first-order valence-electron chi connectivity index (χ1n) is 6.03. The van der Waals surface area contributed by atoms with Crippen molar-refractivity contribution >= 4 is 5.91 Å². The zero-order chi connectivity index (χ0) is 12.5. The number of amides is 1. The van der Waals surface area contributed by atoms with E-state index in [4.69, 9.17) is 5.73 Å². The van der Waals surface area contributed by atoms with E-state index in [2.05, 4.69) is 5.10 Å². The predicted octanol–water partition coefficient (Wildman–Crippen LogP) is 0.650. The number of carbonyl (C=O) groups is 1. The van der Waals surface area contributed by atoms with E-state index < -0.39 is 5.54 Å². The lowest BCUT2D eigenvalue weighted by atomic mass is 9.97. The highest BCUT2D eigenvalue weighted by Crippen LogP contribution is 2.29. The number of nitrogens with zero attached hydrogens (tertiary/aromatic N) is 3. The SMILES string of the molecule is CN(Cc1cnn(C)c1)C(=O)C1(N)CCCC1. The fourth-order valence-corrected chi connectivity index (χ4v) is 2.50. The molecule has 1 aromatic heterocycles. The van der Waals surface area contributed by atoms with Crippen molar-refractivity contribution in [3.8, 4) is 0 Å². The molecule has 0 atom stereocenters. The van der Waals surface area contributed by atoms with E-state index in [0.29, 0.717) is 6.54 Å². The number of hydrogen-bond acceptors (Lipinski definition) is 3. The summed E-state index contributed by atoms with van der Waals surface area (Å²) in [5.74, 6) is 0.0545. The Labute approximate surface area is 102 Å². The Kier molecular flexibility index (Phi) is 3.19. The van der Waals surface area contributed by atoms with Crippen molar-refractivity contribution in [2.24, 2.45) is 12.8 Å². The third kappa shape index (κ3) is 2.49. The van der Waals surface area contributed by atoms with Gasteiger partial charge in [0.1, 0.15) is 0 Å². The fourth-order valence-electron chi connectivity index (χ4n) is 2.50. The molecular weight excluding hydrogens is 216 g/mol. The monoisotopic (exact) mass is 236 g/mol. The molecule has 1 saturated carbocycles. The topological polar surface area (TPSA) is 64.2 Å². The second-order valence-corrected chi connectivity index (χ2v) is 5.05. The average Bonchev–Trinajstić information content (AvgIpc) is 2.88. The minimum Gasteiger partial charge on any atom is -0.340 e. The van der Waals surface area contributed by atoms with Crippen LogP contribution in [-0.2, 0) is 18.4 Å². The van der Waals surface area contributed by atoms with E-state index in [1.165, 1.54) is 0 Å². The van der Waals surface area contributed by atoms with Crippen molar-refractivity contribution in [1.29, 1.82) is 0 Å². The molecule has 0 aromatic carbocycles. The second-order valence-electron chi connectivity index (χ2n) is 5.05. The van der Waals surface area contributed by atoms with Crippen molar-refractivity contribution in [2.75, 3.05) is 7.05 Å². The Balaban J connectivity index is 2.00. The lowest BCUT2D eigenvalue weighted by Gasteiger charge is -2.28. The first kappa shape index (κ1) is 12.1. The molecule has 5 nitrogen and oxygen atoms in total. The van der Waals surface area contributed by atoms with Gasteiger partial charge in [-0.05, 0) is 12.8 Å². The van der Waals surface area contributed by atoms with Gasteiger partial charge < -0.3 is 10.6 Å². The normalized spacial score (nSPS) is 18.3.